The van der Waals surface area contributed by atoms with Crippen molar-refractivity contribution in [2.75, 3.05) is 7.11 Å². The van der Waals surface area contributed by atoms with Gasteiger partial charge in [-0.15, -0.1) is 0 Å². The van der Waals surface area contributed by atoms with Crippen LogP contribution in [0.4, 0.5) is 5.69 Å². The summed E-state index contributed by atoms with van der Waals surface area (Å²) in [5.41, 5.74) is 2.56. The summed E-state index contributed by atoms with van der Waals surface area (Å²) in [6.45, 7) is 0. The van der Waals surface area contributed by atoms with Gasteiger partial charge >= 0.3 is 0 Å². The third kappa shape index (κ3) is 3.64. The van der Waals surface area contributed by atoms with Gasteiger partial charge in [-0.05, 0) is 49.8 Å². The lowest BCUT2D eigenvalue weighted by molar-refractivity contribution is -0.384. The minimum atomic E-state index is -0.380. The van der Waals surface area contributed by atoms with Gasteiger partial charge in [-0.2, -0.15) is 0 Å². The van der Waals surface area contributed by atoms with Gasteiger partial charge in [-0.1, -0.05) is 11.6 Å². The minimum Gasteiger partial charge on any atom is -0.376 e. The molecule has 0 aromatic heterocycles. The summed E-state index contributed by atoms with van der Waals surface area (Å²) in [6, 6.07) is 6.65. The maximum Gasteiger partial charge on any atom is 0.269 e. The van der Waals surface area contributed by atoms with Gasteiger partial charge in [0.25, 0.3) is 5.69 Å². The van der Waals surface area contributed by atoms with Gasteiger partial charge in [-0.25, -0.2) is 0 Å². The van der Waals surface area contributed by atoms with Crippen LogP contribution in [0.2, 0.25) is 0 Å². The summed E-state index contributed by atoms with van der Waals surface area (Å²) >= 11 is 0. The first-order valence-corrected chi connectivity index (χ1v) is 6.66. The summed E-state index contributed by atoms with van der Waals surface area (Å²) in [6.07, 6.45) is 8.01. The molecule has 0 bridgehead atoms. The maximum absolute atomic E-state index is 10.6. The number of rotatable bonds is 5. The Kier molecular flexibility index (Phi) is 4.68. The fraction of sp³-hybridized carbons (Fsp3) is 0.467. The predicted molar refractivity (Wildman–Crippen MR) is 74.0 cm³/mol. The topological polar surface area (TPSA) is 52.4 Å². The van der Waals surface area contributed by atoms with Crippen LogP contribution in [0.3, 0.4) is 0 Å². The highest BCUT2D eigenvalue weighted by Crippen LogP contribution is 2.30. The molecule has 19 heavy (non-hydrogen) atoms. The number of ether oxygens (including phenoxy) is 1. The molecule has 1 aliphatic carbocycles. The zero-order valence-electron chi connectivity index (χ0n) is 11.2. The van der Waals surface area contributed by atoms with Crippen molar-refractivity contribution in [2.45, 2.75) is 38.2 Å². The number of hydrogen-bond donors (Lipinski definition) is 0. The van der Waals surface area contributed by atoms with Crippen molar-refractivity contribution in [1.82, 2.24) is 0 Å². The Labute approximate surface area is 113 Å². The van der Waals surface area contributed by atoms with E-state index < -0.39 is 0 Å². The number of allylic oxidation sites excluding steroid dienone is 1. The van der Waals surface area contributed by atoms with Crippen LogP contribution < -0.4 is 0 Å². The second-order valence-electron chi connectivity index (χ2n) is 4.89. The molecule has 1 aromatic rings. The first-order chi connectivity index (χ1) is 9.20. The molecule has 1 atom stereocenters. The largest absolute Gasteiger partial charge is 0.376 e. The molecule has 0 N–H and O–H groups in total. The monoisotopic (exact) mass is 261 g/mol. The third-order valence-corrected chi connectivity index (χ3v) is 3.59. The number of nitro benzene ring substituents is 1. The number of non-ortho nitro benzene ring substituents is 1. The van der Waals surface area contributed by atoms with Crippen LogP contribution >= 0.6 is 0 Å². The highest BCUT2D eigenvalue weighted by atomic mass is 16.6. The number of nitrogens with zero attached hydrogens (tertiary/aromatic N) is 1. The molecule has 0 fully saturated rings. The lowest BCUT2D eigenvalue weighted by atomic mass is 9.93. The second-order valence-corrected chi connectivity index (χ2v) is 4.89. The van der Waals surface area contributed by atoms with Crippen molar-refractivity contribution in [2.24, 2.45) is 0 Å². The van der Waals surface area contributed by atoms with Gasteiger partial charge in [-0.3, -0.25) is 10.1 Å². The highest BCUT2D eigenvalue weighted by molar-refractivity contribution is 5.34. The van der Waals surface area contributed by atoms with E-state index in [-0.39, 0.29) is 16.7 Å². The van der Waals surface area contributed by atoms with E-state index in [1.807, 2.05) is 0 Å². The first-order valence-electron chi connectivity index (χ1n) is 6.66. The molecule has 0 heterocycles. The highest BCUT2D eigenvalue weighted by Gasteiger charge is 2.15. The van der Waals surface area contributed by atoms with E-state index in [0.717, 1.165) is 24.8 Å². The Bertz CT molecular complexity index is 465. The maximum atomic E-state index is 10.6. The third-order valence-electron chi connectivity index (χ3n) is 3.59. The fourth-order valence-corrected chi connectivity index (χ4v) is 2.48. The van der Waals surface area contributed by atoms with Crippen LogP contribution in [0.15, 0.2) is 35.9 Å². The fourth-order valence-electron chi connectivity index (χ4n) is 2.48. The Morgan fingerprint density at radius 1 is 1.32 bits per heavy atom. The van der Waals surface area contributed by atoms with Gasteiger partial charge in [0.1, 0.15) is 0 Å². The molecule has 1 aliphatic rings. The van der Waals surface area contributed by atoms with E-state index in [1.54, 1.807) is 19.2 Å². The first kappa shape index (κ1) is 13.7. The van der Waals surface area contributed by atoms with Crippen molar-refractivity contribution < 1.29 is 9.66 Å². The SMILES string of the molecule is COC(CC1=CCCCC1)c1ccc([N+](=O)[O-])cc1. The molecular formula is C15H19NO3. The number of methoxy groups -OCH3 is 1. The average Bonchev–Trinajstić information content (AvgIpc) is 2.46. The van der Waals surface area contributed by atoms with Gasteiger partial charge in [0, 0.05) is 19.2 Å². The standard InChI is InChI=1S/C15H19NO3/c1-19-15(11-12-5-3-2-4-6-12)13-7-9-14(10-8-13)16(17)18/h5,7-10,15H,2-4,6,11H2,1H3. The van der Waals surface area contributed by atoms with Crippen molar-refractivity contribution in [1.29, 1.82) is 0 Å². The van der Waals surface area contributed by atoms with Gasteiger partial charge < -0.3 is 4.74 Å². The van der Waals surface area contributed by atoms with E-state index in [0.29, 0.717) is 0 Å². The molecule has 0 aliphatic heterocycles. The molecule has 4 heteroatoms. The lowest BCUT2D eigenvalue weighted by Gasteiger charge is -2.20. The van der Waals surface area contributed by atoms with Crippen LogP contribution in [-0.2, 0) is 4.74 Å². The van der Waals surface area contributed by atoms with Gasteiger partial charge in [0.2, 0.25) is 0 Å². The Morgan fingerprint density at radius 2 is 2.05 bits per heavy atom. The van der Waals surface area contributed by atoms with E-state index in [9.17, 15) is 10.1 Å². The molecule has 1 aromatic carbocycles. The number of hydrogen-bond acceptors (Lipinski definition) is 3. The zero-order valence-corrected chi connectivity index (χ0v) is 11.2. The molecule has 0 amide bonds. The Balaban J connectivity index is 2.08. The Morgan fingerprint density at radius 3 is 2.58 bits per heavy atom. The summed E-state index contributed by atoms with van der Waals surface area (Å²) in [4.78, 5) is 10.3. The minimum absolute atomic E-state index is 0.00912. The van der Waals surface area contributed by atoms with E-state index in [1.165, 1.54) is 30.5 Å². The van der Waals surface area contributed by atoms with Crippen molar-refractivity contribution in [3.63, 3.8) is 0 Å². The van der Waals surface area contributed by atoms with Gasteiger partial charge in [0.05, 0.1) is 11.0 Å². The van der Waals surface area contributed by atoms with Crippen molar-refractivity contribution >= 4 is 5.69 Å². The van der Waals surface area contributed by atoms with Crippen LogP contribution in [0.25, 0.3) is 0 Å². The van der Waals surface area contributed by atoms with Crippen LogP contribution in [0.1, 0.15) is 43.8 Å². The van der Waals surface area contributed by atoms with Gasteiger partial charge in [0.15, 0.2) is 0 Å². The van der Waals surface area contributed by atoms with Crippen molar-refractivity contribution in [3.05, 3.63) is 51.6 Å². The van der Waals surface area contributed by atoms with E-state index >= 15 is 0 Å². The van der Waals surface area contributed by atoms with Crippen LogP contribution in [-0.4, -0.2) is 12.0 Å². The second kappa shape index (κ2) is 6.48. The molecule has 102 valence electrons. The number of nitro groups is 1. The quantitative estimate of drug-likeness (QED) is 0.454. The summed E-state index contributed by atoms with van der Waals surface area (Å²) in [7, 11) is 1.69. The smallest absolute Gasteiger partial charge is 0.269 e. The van der Waals surface area contributed by atoms with Crippen LogP contribution in [0, 0.1) is 10.1 Å². The molecule has 4 nitrogen and oxygen atoms in total. The molecule has 2 rings (SSSR count). The predicted octanol–water partition coefficient (Wildman–Crippen LogP) is 4.17. The average molecular weight is 261 g/mol. The lowest BCUT2D eigenvalue weighted by Crippen LogP contribution is -2.05. The summed E-state index contributed by atoms with van der Waals surface area (Å²) < 4.78 is 5.53. The molecule has 0 saturated heterocycles. The van der Waals surface area contributed by atoms with Crippen LogP contribution in [0.5, 0.6) is 0 Å². The molecule has 0 spiro atoms. The zero-order chi connectivity index (χ0) is 13.7. The Hall–Kier alpha value is -1.68. The molecule has 0 saturated carbocycles. The van der Waals surface area contributed by atoms with E-state index in [2.05, 4.69) is 6.08 Å². The summed E-state index contributed by atoms with van der Waals surface area (Å²) in [5.74, 6) is 0. The van der Waals surface area contributed by atoms with Crippen molar-refractivity contribution in [3.8, 4) is 0 Å². The number of benzene rings is 1. The normalized spacial score (nSPS) is 16.8. The molecule has 1 unspecified atom stereocenters. The summed E-state index contributed by atoms with van der Waals surface area (Å²) in [5, 5.41) is 10.6. The van der Waals surface area contributed by atoms with E-state index in [4.69, 9.17) is 4.74 Å². The molecular weight excluding hydrogens is 242 g/mol. The molecule has 0 radical (unpaired) electrons.